The van der Waals surface area contributed by atoms with Crippen molar-refractivity contribution >= 4 is 21.7 Å². The molecule has 0 spiro atoms. The highest BCUT2D eigenvalue weighted by Gasteiger charge is 2.18. The molecular formula is C8H6BrN5O. The standard InChI is InChI=1S/C8H6BrN5O/c1-14-4-12-13-8(14)7(15)6-5(9)2-10-3-11-6/h2-4H,1H3. The number of carbonyl (C=O) groups excluding carboxylic acids is 1. The molecule has 0 atom stereocenters. The summed E-state index contributed by atoms with van der Waals surface area (Å²) in [5.41, 5.74) is 0.279. The van der Waals surface area contributed by atoms with Gasteiger partial charge in [-0.25, -0.2) is 9.97 Å². The summed E-state index contributed by atoms with van der Waals surface area (Å²) in [6.45, 7) is 0. The average molecular weight is 268 g/mol. The van der Waals surface area contributed by atoms with E-state index in [-0.39, 0.29) is 17.3 Å². The molecule has 2 heterocycles. The Morgan fingerprint density at radius 2 is 2.33 bits per heavy atom. The number of nitrogens with zero attached hydrogens (tertiary/aromatic N) is 5. The molecule has 0 bridgehead atoms. The first kappa shape index (κ1) is 9.91. The molecule has 0 N–H and O–H groups in total. The number of ketones is 1. The molecule has 6 nitrogen and oxygen atoms in total. The molecule has 0 aliphatic rings. The van der Waals surface area contributed by atoms with Crippen LogP contribution >= 0.6 is 15.9 Å². The Morgan fingerprint density at radius 3 is 2.93 bits per heavy atom. The van der Waals surface area contributed by atoms with Gasteiger partial charge in [0.2, 0.25) is 11.6 Å². The van der Waals surface area contributed by atoms with Gasteiger partial charge in [-0.1, -0.05) is 0 Å². The fourth-order valence-electron chi connectivity index (χ4n) is 1.07. The van der Waals surface area contributed by atoms with Gasteiger partial charge < -0.3 is 4.57 Å². The smallest absolute Gasteiger partial charge is 0.249 e. The number of hydrogen-bond acceptors (Lipinski definition) is 5. The van der Waals surface area contributed by atoms with Crippen molar-refractivity contribution in [3.05, 3.63) is 34.8 Å². The summed E-state index contributed by atoms with van der Waals surface area (Å²) in [4.78, 5) is 19.6. The SMILES string of the molecule is Cn1cnnc1C(=O)c1ncncc1Br. The maximum absolute atomic E-state index is 11.9. The molecule has 2 aromatic heterocycles. The van der Waals surface area contributed by atoms with E-state index in [0.29, 0.717) is 4.47 Å². The molecule has 2 aromatic rings. The van der Waals surface area contributed by atoms with Crippen molar-refractivity contribution in [3.63, 3.8) is 0 Å². The Bertz CT molecular complexity index is 509. The monoisotopic (exact) mass is 267 g/mol. The Hall–Kier alpha value is -1.63. The third-order valence-electron chi connectivity index (χ3n) is 1.80. The van der Waals surface area contributed by atoms with Gasteiger partial charge in [0.25, 0.3) is 0 Å². The lowest BCUT2D eigenvalue weighted by Crippen LogP contribution is -2.11. The van der Waals surface area contributed by atoms with Crippen LogP contribution in [-0.4, -0.2) is 30.5 Å². The van der Waals surface area contributed by atoms with Gasteiger partial charge in [-0.15, -0.1) is 10.2 Å². The predicted octanol–water partition coefficient (Wildman–Crippen LogP) is 0.599. The van der Waals surface area contributed by atoms with E-state index in [1.54, 1.807) is 7.05 Å². The third kappa shape index (κ3) is 1.78. The van der Waals surface area contributed by atoms with Gasteiger partial charge in [0.05, 0.1) is 4.47 Å². The van der Waals surface area contributed by atoms with Crippen LogP contribution in [0.15, 0.2) is 23.3 Å². The molecule has 0 radical (unpaired) electrons. The summed E-state index contributed by atoms with van der Waals surface area (Å²) in [5, 5.41) is 7.35. The molecule has 0 unspecified atom stereocenters. The van der Waals surface area contributed by atoms with Gasteiger partial charge >= 0.3 is 0 Å². The minimum Gasteiger partial charge on any atom is -0.314 e. The summed E-state index contributed by atoms with van der Waals surface area (Å²) in [7, 11) is 1.70. The minimum atomic E-state index is -0.288. The molecule has 0 saturated carbocycles. The van der Waals surface area contributed by atoms with Crippen molar-refractivity contribution in [3.8, 4) is 0 Å². The van der Waals surface area contributed by atoms with E-state index >= 15 is 0 Å². The van der Waals surface area contributed by atoms with Crippen molar-refractivity contribution in [1.29, 1.82) is 0 Å². The molecule has 0 aromatic carbocycles. The second kappa shape index (κ2) is 3.85. The molecule has 0 saturated heterocycles. The zero-order valence-corrected chi connectivity index (χ0v) is 9.34. The number of hydrogen-bond donors (Lipinski definition) is 0. The number of carbonyl (C=O) groups is 1. The summed E-state index contributed by atoms with van der Waals surface area (Å²) in [6, 6.07) is 0. The first-order chi connectivity index (χ1) is 7.20. The van der Waals surface area contributed by atoms with Crippen molar-refractivity contribution in [1.82, 2.24) is 24.7 Å². The Kier molecular flexibility index (Phi) is 2.55. The van der Waals surface area contributed by atoms with Gasteiger partial charge in [0.1, 0.15) is 18.3 Å². The largest absolute Gasteiger partial charge is 0.314 e. The van der Waals surface area contributed by atoms with Crippen LogP contribution < -0.4 is 0 Å². The molecule has 0 aliphatic heterocycles. The second-order valence-corrected chi connectivity index (χ2v) is 3.67. The third-order valence-corrected chi connectivity index (χ3v) is 2.38. The van der Waals surface area contributed by atoms with Crippen LogP contribution in [0.5, 0.6) is 0 Å². The van der Waals surface area contributed by atoms with Gasteiger partial charge in [-0.3, -0.25) is 4.79 Å². The lowest BCUT2D eigenvalue weighted by Gasteiger charge is -2.00. The fraction of sp³-hybridized carbons (Fsp3) is 0.125. The van der Waals surface area contributed by atoms with E-state index in [1.165, 1.54) is 23.4 Å². The van der Waals surface area contributed by atoms with Crippen LogP contribution in [0.1, 0.15) is 16.3 Å². The van der Waals surface area contributed by atoms with Crippen LogP contribution in [0.3, 0.4) is 0 Å². The van der Waals surface area contributed by atoms with E-state index in [1.807, 2.05) is 0 Å². The van der Waals surface area contributed by atoms with Crippen LogP contribution in [0.4, 0.5) is 0 Å². The number of halogens is 1. The zero-order valence-electron chi connectivity index (χ0n) is 7.75. The van der Waals surface area contributed by atoms with Gasteiger partial charge in [0.15, 0.2) is 0 Å². The predicted molar refractivity (Wildman–Crippen MR) is 54.2 cm³/mol. The van der Waals surface area contributed by atoms with E-state index < -0.39 is 0 Å². The summed E-state index contributed by atoms with van der Waals surface area (Å²) in [6.07, 6.45) is 4.29. The van der Waals surface area contributed by atoms with Gasteiger partial charge in [0, 0.05) is 13.2 Å². The van der Waals surface area contributed by atoms with Gasteiger partial charge in [-0.2, -0.15) is 0 Å². The quantitative estimate of drug-likeness (QED) is 0.745. The number of aryl methyl sites for hydroxylation is 1. The molecule has 0 fully saturated rings. The van der Waals surface area contributed by atoms with Crippen molar-refractivity contribution in [2.24, 2.45) is 7.05 Å². The maximum Gasteiger partial charge on any atom is 0.249 e. The van der Waals surface area contributed by atoms with Crippen molar-refractivity contribution < 1.29 is 4.79 Å². The normalized spacial score (nSPS) is 10.3. The van der Waals surface area contributed by atoms with Crippen LogP contribution in [0, 0.1) is 0 Å². The van der Waals surface area contributed by atoms with Crippen LogP contribution in [-0.2, 0) is 7.05 Å². The minimum absolute atomic E-state index is 0.245. The molecule has 76 valence electrons. The maximum atomic E-state index is 11.9. The Balaban J connectivity index is 2.46. The molecular weight excluding hydrogens is 262 g/mol. The van der Waals surface area contributed by atoms with Crippen molar-refractivity contribution in [2.75, 3.05) is 0 Å². The highest BCUT2D eigenvalue weighted by atomic mass is 79.9. The van der Waals surface area contributed by atoms with E-state index in [4.69, 9.17) is 0 Å². The van der Waals surface area contributed by atoms with Crippen LogP contribution in [0.25, 0.3) is 0 Å². The molecule has 7 heteroatoms. The lowest BCUT2D eigenvalue weighted by molar-refractivity contribution is 0.102. The Morgan fingerprint density at radius 1 is 1.53 bits per heavy atom. The highest BCUT2D eigenvalue weighted by molar-refractivity contribution is 9.10. The highest BCUT2D eigenvalue weighted by Crippen LogP contribution is 2.14. The lowest BCUT2D eigenvalue weighted by atomic mass is 10.2. The van der Waals surface area contributed by atoms with E-state index in [0.717, 1.165) is 0 Å². The van der Waals surface area contributed by atoms with Crippen molar-refractivity contribution in [2.45, 2.75) is 0 Å². The fourth-order valence-corrected chi connectivity index (χ4v) is 1.48. The Labute approximate surface area is 93.5 Å². The first-order valence-electron chi connectivity index (χ1n) is 4.04. The average Bonchev–Trinajstić information content (AvgIpc) is 2.64. The molecule has 15 heavy (non-hydrogen) atoms. The van der Waals surface area contributed by atoms with Crippen LogP contribution in [0.2, 0.25) is 0 Å². The summed E-state index contributed by atoms with van der Waals surface area (Å²) < 4.78 is 2.08. The van der Waals surface area contributed by atoms with E-state index in [9.17, 15) is 4.79 Å². The van der Waals surface area contributed by atoms with E-state index in [2.05, 4.69) is 36.1 Å². The van der Waals surface area contributed by atoms with Gasteiger partial charge in [-0.05, 0) is 15.9 Å². The number of aromatic nitrogens is 5. The first-order valence-corrected chi connectivity index (χ1v) is 4.83. The molecule has 2 rings (SSSR count). The topological polar surface area (TPSA) is 73.6 Å². The number of rotatable bonds is 2. The molecule has 0 aliphatic carbocycles. The molecule has 0 amide bonds. The second-order valence-electron chi connectivity index (χ2n) is 2.81. The summed E-state index contributed by atoms with van der Waals surface area (Å²) in [5.74, 6) is -0.0429. The zero-order chi connectivity index (χ0) is 10.8. The summed E-state index contributed by atoms with van der Waals surface area (Å²) >= 11 is 3.20.